The Labute approximate surface area is 124 Å². The zero-order chi connectivity index (χ0) is 14.7. The van der Waals surface area contributed by atoms with Gasteiger partial charge in [-0.2, -0.15) is 0 Å². The first-order chi connectivity index (χ1) is 9.45. The average Bonchev–Trinajstić information content (AvgIpc) is 2.33. The second kappa shape index (κ2) is 6.00. The van der Waals surface area contributed by atoms with Crippen LogP contribution in [0.2, 0.25) is 0 Å². The van der Waals surface area contributed by atoms with Gasteiger partial charge in [0.1, 0.15) is 5.82 Å². The first-order valence-corrected chi connectivity index (χ1v) is 6.87. The van der Waals surface area contributed by atoms with E-state index in [0.29, 0.717) is 22.8 Å². The van der Waals surface area contributed by atoms with Crippen LogP contribution in [-0.2, 0) is 11.2 Å². The summed E-state index contributed by atoms with van der Waals surface area (Å²) >= 11 is 3.33. The van der Waals surface area contributed by atoms with E-state index in [-0.39, 0.29) is 17.9 Å². The Balaban J connectivity index is 2.15. The molecule has 1 aromatic heterocycles. The number of nitrogens with one attached hydrogen (secondary N) is 2. The largest absolute Gasteiger partial charge is 0.326 e. The van der Waals surface area contributed by atoms with Crippen LogP contribution in [0.15, 0.2) is 33.5 Å². The van der Waals surface area contributed by atoms with Crippen LogP contribution in [0.5, 0.6) is 0 Å². The van der Waals surface area contributed by atoms with Gasteiger partial charge in [0.25, 0.3) is 5.56 Å². The quantitative estimate of drug-likeness (QED) is 0.903. The van der Waals surface area contributed by atoms with Crippen LogP contribution in [0.3, 0.4) is 0 Å². The summed E-state index contributed by atoms with van der Waals surface area (Å²) in [4.78, 5) is 30.6. The third-order valence-corrected chi connectivity index (χ3v) is 3.28. The lowest BCUT2D eigenvalue weighted by Gasteiger charge is -2.07. The maximum Gasteiger partial charge on any atom is 0.254 e. The van der Waals surface area contributed by atoms with Gasteiger partial charge >= 0.3 is 0 Å². The van der Waals surface area contributed by atoms with E-state index in [9.17, 15) is 9.59 Å². The number of carbonyl (C=O) groups is 1. The van der Waals surface area contributed by atoms with Crippen molar-refractivity contribution in [2.45, 2.75) is 20.3 Å². The number of nitrogens with zero attached hydrogens (tertiary/aromatic N) is 1. The lowest BCUT2D eigenvalue weighted by molar-refractivity contribution is -0.115. The maximum absolute atomic E-state index is 12.0. The van der Waals surface area contributed by atoms with Crippen LogP contribution in [0.25, 0.3) is 0 Å². The zero-order valence-electron chi connectivity index (χ0n) is 11.2. The van der Waals surface area contributed by atoms with Crippen molar-refractivity contribution in [3.05, 3.63) is 56.2 Å². The van der Waals surface area contributed by atoms with Gasteiger partial charge in [-0.15, -0.1) is 0 Å². The van der Waals surface area contributed by atoms with Crippen LogP contribution in [0, 0.1) is 13.8 Å². The van der Waals surface area contributed by atoms with Crippen molar-refractivity contribution in [2.75, 3.05) is 5.32 Å². The summed E-state index contributed by atoms with van der Waals surface area (Å²) in [6.45, 7) is 3.43. The topological polar surface area (TPSA) is 74.8 Å². The molecule has 1 heterocycles. The van der Waals surface area contributed by atoms with Crippen LogP contribution in [0.4, 0.5) is 5.69 Å². The van der Waals surface area contributed by atoms with Crippen molar-refractivity contribution in [2.24, 2.45) is 0 Å². The van der Waals surface area contributed by atoms with E-state index in [0.717, 1.165) is 4.47 Å². The van der Waals surface area contributed by atoms with Crippen molar-refractivity contribution in [3.8, 4) is 0 Å². The number of amides is 1. The van der Waals surface area contributed by atoms with Gasteiger partial charge in [-0.3, -0.25) is 9.59 Å². The SMILES string of the molecule is Cc1nc(C)c(CC(=O)Nc2cccc(Br)c2)c(=O)[nH]1. The zero-order valence-corrected chi connectivity index (χ0v) is 12.7. The summed E-state index contributed by atoms with van der Waals surface area (Å²) < 4.78 is 0.876. The number of aryl methyl sites for hydroxylation is 2. The molecule has 1 amide bonds. The number of hydrogen-bond donors (Lipinski definition) is 2. The molecular weight excluding hydrogens is 322 g/mol. The van der Waals surface area contributed by atoms with E-state index in [1.54, 1.807) is 26.0 Å². The highest BCUT2D eigenvalue weighted by Gasteiger charge is 2.12. The average molecular weight is 336 g/mol. The standard InChI is InChI=1S/C14H14BrN3O2/c1-8-12(14(20)17-9(2)16-8)7-13(19)18-11-5-3-4-10(15)6-11/h3-6H,7H2,1-2H3,(H,18,19)(H,16,17,20). The minimum Gasteiger partial charge on any atom is -0.326 e. The van der Waals surface area contributed by atoms with Crippen molar-refractivity contribution in [1.29, 1.82) is 0 Å². The summed E-state index contributed by atoms with van der Waals surface area (Å²) in [5.74, 6) is 0.297. The van der Waals surface area contributed by atoms with Crippen molar-refractivity contribution in [1.82, 2.24) is 9.97 Å². The smallest absolute Gasteiger partial charge is 0.254 e. The fraction of sp³-hybridized carbons (Fsp3) is 0.214. The minimum atomic E-state index is -0.264. The molecule has 0 aliphatic heterocycles. The second-order valence-corrected chi connectivity index (χ2v) is 5.37. The molecule has 0 aliphatic carbocycles. The number of benzene rings is 1. The van der Waals surface area contributed by atoms with Gasteiger partial charge in [0.2, 0.25) is 5.91 Å². The Morgan fingerprint density at radius 3 is 2.80 bits per heavy atom. The Morgan fingerprint density at radius 2 is 2.15 bits per heavy atom. The normalized spacial score (nSPS) is 10.3. The molecule has 0 unspecified atom stereocenters. The summed E-state index contributed by atoms with van der Waals surface area (Å²) in [6.07, 6.45) is 0.000952. The monoisotopic (exact) mass is 335 g/mol. The number of halogens is 1. The summed E-state index contributed by atoms with van der Waals surface area (Å²) in [7, 11) is 0. The molecule has 1 aromatic carbocycles. The number of anilines is 1. The van der Waals surface area contributed by atoms with Gasteiger partial charge in [0, 0.05) is 21.4 Å². The molecule has 0 aliphatic rings. The molecule has 6 heteroatoms. The van der Waals surface area contributed by atoms with Gasteiger partial charge in [-0.05, 0) is 32.0 Å². The van der Waals surface area contributed by atoms with Gasteiger partial charge in [0.15, 0.2) is 0 Å². The van der Waals surface area contributed by atoms with Crippen LogP contribution in [0.1, 0.15) is 17.1 Å². The molecule has 0 atom stereocenters. The van der Waals surface area contributed by atoms with E-state index >= 15 is 0 Å². The molecule has 0 bridgehead atoms. The predicted octanol–water partition coefficient (Wildman–Crippen LogP) is 2.33. The van der Waals surface area contributed by atoms with E-state index in [1.165, 1.54) is 0 Å². The summed E-state index contributed by atoms with van der Waals surface area (Å²) in [5.41, 5.74) is 1.39. The number of carbonyl (C=O) groups excluding carboxylic acids is 1. The molecule has 2 rings (SSSR count). The summed E-state index contributed by atoms with van der Waals surface area (Å²) in [6, 6.07) is 7.27. The Bertz CT molecular complexity index is 710. The van der Waals surface area contributed by atoms with Crippen molar-refractivity contribution < 1.29 is 4.79 Å². The first-order valence-electron chi connectivity index (χ1n) is 6.07. The number of aromatic nitrogens is 2. The fourth-order valence-corrected chi connectivity index (χ4v) is 2.29. The third-order valence-electron chi connectivity index (χ3n) is 2.79. The number of H-pyrrole nitrogens is 1. The third kappa shape index (κ3) is 3.54. The maximum atomic E-state index is 12.0. The first kappa shape index (κ1) is 14.5. The number of aromatic amines is 1. The van der Waals surface area contributed by atoms with Crippen molar-refractivity contribution >= 4 is 27.5 Å². The molecule has 20 heavy (non-hydrogen) atoms. The second-order valence-electron chi connectivity index (χ2n) is 4.45. The molecule has 5 nitrogen and oxygen atoms in total. The van der Waals surface area contributed by atoms with Gasteiger partial charge < -0.3 is 10.3 Å². The minimum absolute atomic E-state index is 0.000952. The molecule has 0 spiro atoms. The summed E-state index contributed by atoms with van der Waals surface area (Å²) in [5, 5.41) is 2.75. The highest BCUT2D eigenvalue weighted by molar-refractivity contribution is 9.10. The van der Waals surface area contributed by atoms with E-state index in [1.807, 2.05) is 12.1 Å². The van der Waals surface area contributed by atoms with E-state index in [2.05, 4.69) is 31.2 Å². The molecule has 2 N–H and O–H groups in total. The molecular formula is C14H14BrN3O2. The fourth-order valence-electron chi connectivity index (χ4n) is 1.89. The van der Waals surface area contributed by atoms with Crippen molar-refractivity contribution in [3.63, 3.8) is 0 Å². The lowest BCUT2D eigenvalue weighted by atomic mass is 10.1. The Morgan fingerprint density at radius 1 is 1.40 bits per heavy atom. The molecule has 104 valence electrons. The number of rotatable bonds is 3. The Kier molecular flexibility index (Phi) is 4.34. The lowest BCUT2D eigenvalue weighted by Crippen LogP contribution is -2.24. The molecule has 0 saturated heterocycles. The Hall–Kier alpha value is -1.95. The van der Waals surface area contributed by atoms with Crippen LogP contribution in [-0.4, -0.2) is 15.9 Å². The van der Waals surface area contributed by atoms with Gasteiger partial charge in [0.05, 0.1) is 6.42 Å². The predicted molar refractivity (Wildman–Crippen MR) is 80.8 cm³/mol. The van der Waals surface area contributed by atoms with Crippen LogP contribution >= 0.6 is 15.9 Å². The van der Waals surface area contributed by atoms with Gasteiger partial charge in [-0.25, -0.2) is 4.98 Å². The van der Waals surface area contributed by atoms with E-state index in [4.69, 9.17) is 0 Å². The molecule has 0 saturated carbocycles. The van der Waals surface area contributed by atoms with E-state index < -0.39 is 0 Å². The molecule has 0 radical (unpaired) electrons. The molecule has 0 fully saturated rings. The molecule has 2 aromatic rings. The highest BCUT2D eigenvalue weighted by atomic mass is 79.9. The highest BCUT2D eigenvalue weighted by Crippen LogP contribution is 2.15. The van der Waals surface area contributed by atoms with Gasteiger partial charge in [-0.1, -0.05) is 22.0 Å². The van der Waals surface area contributed by atoms with Crippen LogP contribution < -0.4 is 10.9 Å². The number of hydrogen-bond acceptors (Lipinski definition) is 3.